The van der Waals surface area contributed by atoms with Gasteiger partial charge in [-0.3, -0.25) is 4.79 Å². The third-order valence-electron chi connectivity index (χ3n) is 3.05. The summed E-state index contributed by atoms with van der Waals surface area (Å²) in [6, 6.07) is 9.72. The topological polar surface area (TPSA) is 48.0 Å². The van der Waals surface area contributed by atoms with Gasteiger partial charge < -0.3 is 10.3 Å². The van der Waals surface area contributed by atoms with E-state index in [1.54, 1.807) is 4.57 Å². The van der Waals surface area contributed by atoms with Crippen LogP contribution < -0.4 is 11.3 Å². The number of nitrogens with zero attached hydrogens (tertiary/aromatic N) is 1. The van der Waals surface area contributed by atoms with Crippen LogP contribution in [0.1, 0.15) is 17.5 Å². The molecule has 0 aliphatic heterocycles. The second kappa shape index (κ2) is 6.06. The van der Waals surface area contributed by atoms with Gasteiger partial charge in [0.25, 0.3) is 5.56 Å². The predicted octanol–water partition coefficient (Wildman–Crippen LogP) is 3.13. The van der Waals surface area contributed by atoms with Crippen LogP contribution in [0.25, 0.3) is 0 Å². The van der Waals surface area contributed by atoms with Crippen molar-refractivity contribution < 1.29 is 0 Å². The molecule has 0 aliphatic rings. The summed E-state index contributed by atoms with van der Waals surface area (Å²) in [5, 5.41) is 0. The number of halogens is 1. The number of aromatic nitrogens is 1. The second-order valence-electron chi connectivity index (χ2n) is 4.69. The Morgan fingerprint density at radius 3 is 2.84 bits per heavy atom. The van der Waals surface area contributed by atoms with E-state index in [0.29, 0.717) is 6.54 Å². The second-order valence-corrected chi connectivity index (χ2v) is 5.60. The van der Waals surface area contributed by atoms with Gasteiger partial charge in [0.2, 0.25) is 0 Å². The highest BCUT2D eigenvalue weighted by atomic mass is 79.9. The molecule has 0 spiro atoms. The quantitative estimate of drug-likeness (QED) is 0.880. The van der Waals surface area contributed by atoms with Gasteiger partial charge in [-0.2, -0.15) is 0 Å². The van der Waals surface area contributed by atoms with E-state index in [-0.39, 0.29) is 5.56 Å². The summed E-state index contributed by atoms with van der Waals surface area (Å²) in [4.78, 5) is 11.9. The minimum Gasteiger partial charge on any atom is -0.399 e. The minimum absolute atomic E-state index is 0.0794. The Kier molecular flexibility index (Phi) is 4.43. The summed E-state index contributed by atoms with van der Waals surface area (Å²) in [5.74, 6) is 0. The first-order valence-electron chi connectivity index (χ1n) is 6.27. The van der Waals surface area contributed by atoms with Crippen molar-refractivity contribution >= 4 is 21.6 Å². The van der Waals surface area contributed by atoms with Gasteiger partial charge in [0, 0.05) is 28.5 Å². The van der Waals surface area contributed by atoms with E-state index in [1.807, 2.05) is 37.4 Å². The van der Waals surface area contributed by atoms with Crippen molar-refractivity contribution in [3.8, 4) is 0 Å². The number of nitrogen functional groups attached to an aromatic ring is 1. The Bertz CT molecular complexity index is 634. The van der Waals surface area contributed by atoms with Crippen LogP contribution in [0.3, 0.4) is 0 Å². The summed E-state index contributed by atoms with van der Waals surface area (Å²) in [6.07, 6.45) is 3.68. The lowest BCUT2D eigenvalue weighted by atomic mass is 10.1. The molecule has 0 amide bonds. The lowest BCUT2D eigenvalue weighted by Gasteiger charge is -2.08. The average molecular weight is 321 g/mol. The van der Waals surface area contributed by atoms with Crippen molar-refractivity contribution in [1.82, 2.24) is 4.57 Å². The summed E-state index contributed by atoms with van der Waals surface area (Å²) < 4.78 is 2.69. The molecule has 1 heterocycles. The Hall–Kier alpha value is -1.55. The molecule has 2 aromatic rings. The number of anilines is 1. The third kappa shape index (κ3) is 3.70. The maximum absolute atomic E-state index is 11.9. The molecule has 19 heavy (non-hydrogen) atoms. The summed E-state index contributed by atoms with van der Waals surface area (Å²) in [5.41, 5.74) is 8.58. The molecule has 0 saturated carbocycles. The normalized spacial score (nSPS) is 10.6. The fourth-order valence-electron chi connectivity index (χ4n) is 2.11. The maximum atomic E-state index is 11.9. The van der Waals surface area contributed by atoms with E-state index in [1.165, 1.54) is 5.56 Å². The van der Waals surface area contributed by atoms with E-state index >= 15 is 0 Å². The van der Waals surface area contributed by atoms with Gasteiger partial charge in [-0.15, -0.1) is 0 Å². The Balaban J connectivity index is 2.02. The van der Waals surface area contributed by atoms with Gasteiger partial charge >= 0.3 is 0 Å². The number of rotatable bonds is 4. The zero-order valence-electron chi connectivity index (χ0n) is 10.9. The highest BCUT2D eigenvalue weighted by molar-refractivity contribution is 9.10. The van der Waals surface area contributed by atoms with Crippen molar-refractivity contribution in [3.63, 3.8) is 0 Å². The smallest absolute Gasteiger partial charge is 0.253 e. The molecule has 1 aromatic heterocycles. The first-order valence-corrected chi connectivity index (χ1v) is 7.06. The van der Waals surface area contributed by atoms with Crippen molar-refractivity contribution in [3.05, 3.63) is 62.5 Å². The standard InChI is InChI=1S/C15H17BrN2O/c1-11-8-13(16)10-18(15(11)19)7-3-5-12-4-2-6-14(17)9-12/h2,4,6,8-10H,3,5,7,17H2,1H3. The van der Waals surface area contributed by atoms with Crippen molar-refractivity contribution in [2.24, 2.45) is 0 Å². The molecule has 4 heteroatoms. The molecule has 2 rings (SSSR count). The molecule has 0 fully saturated rings. The van der Waals surface area contributed by atoms with Crippen LogP contribution in [-0.4, -0.2) is 4.57 Å². The minimum atomic E-state index is 0.0794. The van der Waals surface area contributed by atoms with Crippen molar-refractivity contribution in [2.45, 2.75) is 26.3 Å². The molecule has 0 radical (unpaired) electrons. The van der Waals surface area contributed by atoms with Crippen LogP contribution in [0.15, 0.2) is 45.8 Å². The molecular formula is C15H17BrN2O. The lowest BCUT2D eigenvalue weighted by Crippen LogP contribution is -2.21. The van der Waals surface area contributed by atoms with E-state index in [2.05, 4.69) is 22.0 Å². The number of pyridine rings is 1. The van der Waals surface area contributed by atoms with Gasteiger partial charge in [0.15, 0.2) is 0 Å². The van der Waals surface area contributed by atoms with Gasteiger partial charge in [-0.05, 0) is 59.5 Å². The van der Waals surface area contributed by atoms with Crippen LogP contribution in [-0.2, 0) is 13.0 Å². The maximum Gasteiger partial charge on any atom is 0.253 e. The van der Waals surface area contributed by atoms with Crippen LogP contribution in [0.2, 0.25) is 0 Å². The van der Waals surface area contributed by atoms with E-state index in [4.69, 9.17) is 5.73 Å². The largest absolute Gasteiger partial charge is 0.399 e. The number of aryl methyl sites for hydroxylation is 3. The molecule has 0 aliphatic carbocycles. The molecular weight excluding hydrogens is 304 g/mol. The molecule has 1 aromatic carbocycles. The molecule has 2 N–H and O–H groups in total. The molecule has 0 saturated heterocycles. The van der Waals surface area contributed by atoms with E-state index in [9.17, 15) is 4.79 Å². The summed E-state index contributed by atoms with van der Waals surface area (Å²) >= 11 is 3.42. The predicted molar refractivity (Wildman–Crippen MR) is 82.3 cm³/mol. The van der Waals surface area contributed by atoms with Gasteiger partial charge in [0.1, 0.15) is 0 Å². The van der Waals surface area contributed by atoms with E-state index in [0.717, 1.165) is 28.6 Å². The summed E-state index contributed by atoms with van der Waals surface area (Å²) in [6.45, 7) is 2.55. The third-order valence-corrected chi connectivity index (χ3v) is 3.48. The van der Waals surface area contributed by atoms with Crippen LogP contribution in [0.5, 0.6) is 0 Å². The number of nitrogens with two attached hydrogens (primary N) is 1. The Morgan fingerprint density at radius 1 is 1.32 bits per heavy atom. The molecule has 3 nitrogen and oxygen atoms in total. The van der Waals surface area contributed by atoms with Crippen LogP contribution in [0, 0.1) is 6.92 Å². The Morgan fingerprint density at radius 2 is 2.11 bits per heavy atom. The first kappa shape index (κ1) is 13.9. The number of hydrogen-bond acceptors (Lipinski definition) is 2. The Labute approximate surface area is 121 Å². The number of benzene rings is 1. The zero-order chi connectivity index (χ0) is 13.8. The fraction of sp³-hybridized carbons (Fsp3) is 0.267. The molecule has 100 valence electrons. The first-order chi connectivity index (χ1) is 9.06. The van der Waals surface area contributed by atoms with E-state index < -0.39 is 0 Å². The molecule has 0 unspecified atom stereocenters. The van der Waals surface area contributed by atoms with Crippen molar-refractivity contribution in [1.29, 1.82) is 0 Å². The lowest BCUT2D eigenvalue weighted by molar-refractivity contribution is 0.618. The van der Waals surface area contributed by atoms with Crippen LogP contribution >= 0.6 is 15.9 Å². The molecule has 0 bridgehead atoms. The SMILES string of the molecule is Cc1cc(Br)cn(CCCc2cccc(N)c2)c1=O. The summed E-state index contributed by atoms with van der Waals surface area (Å²) in [7, 11) is 0. The highest BCUT2D eigenvalue weighted by Gasteiger charge is 2.02. The van der Waals surface area contributed by atoms with Gasteiger partial charge in [0.05, 0.1) is 0 Å². The zero-order valence-corrected chi connectivity index (χ0v) is 12.5. The van der Waals surface area contributed by atoms with Crippen LogP contribution in [0.4, 0.5) is 5.69 Å². The highest BCUT2D eigenvalue weighted by Crippen LogP contribution is 2.11. The van der Waals surface area contributed by atoms with Crippen molar-refractivity contribution in [2.75, 3.05) is 5.73 Å². The number of hydrogen-bond donors (Lipinski definition) is 1. The van der Waals surface area contributed by atoms with Gasteiger partial charge in [-0.25, -0.2) is 0 Å². The molecule has 0 atom stereocenters. The fourth-order valence-corrected chi connectivity index (χ4v) is 2.70. The monoisotopic (exact) mass is 320 g/mol. The average Bonchev–Trinajstić information content (AvgIpc) is 2.35. The van der Waals surface area contributed by atoms with Gasteiger partial charge in [-0.1, -0.05) is 12.1 Å².